The van der Waals surface area contributed by atoms with Gasteiger partial charge in [0.25, 0.3) is 0 Å². The van der Waals surface area contributed by atoms with Gasteiger partial charge < -0.3 is 4.74 Å². The summed E-state index contributed by atoms with van der Waals surface area (Å²) in [6.45, 7) is 9.65. The molecule has 1 fully saturated rings. The zero-order valence-electron chi connectivity index (χ0n) is 15.5. The lowest BCUT2D eigenvalue weighted by atomic mass is 9.56. The number of carbonyl (C=O) groups excluding carboxylic acids is 1. The topological polar surface area (TPSA) is 26.3 Å². The Kier molecular flexibility index (Phi) is 8.49. The maximum atomic E-state index is 12.8. The van der Waals surface area contributed by atoms with Crippen LogP contribution in [0.25, 0.3) is 0 Å². The number of ether oxygens (including phenoxy) is 1. The van der Waals surface area contributed by atoms with Crippen molar-refractivity contribution < 1.29 is 9.53 Å². The van der Waals surface area contributed by atoms with E-state index in [1.807, 2.05) is 0 Å². The molecular formula is C20H38O2. The molecule has 1 aliphatic rings. The predicted octanol–water partition coefficient (Wildman–Crippen LogP) is 6.28. The minimum Gasteiger partial charge on any atom is -0.465 e. The highest BCUT2D eigenvalue weighted by Gasteiger charge is 2.60. The second-order valence-corrected chi connectivity index (χ2v) is 7.35. The monoisotopic (exact) mass is 310 g/mol. The maximum Gasteiger partial charge on any atom is 0.312 e. The highest BCUT2D eigenvalue weighted by molar-refractivity contribution is 5.80. The molecule has 0 aromatic rings. The number of carbonyl (C=O) groups is 1. The van der Waals surface area contributed by atoms with Crippen LogP contribution in [0, 0.1) is 10.8 Å². The zero-order valence-corrected chi connectivity index (χ0v) is 15.5. The van der Waals surface area contributed by atoms with Gasteiger partial charge in [-0.25, -0.2) is 0 Å². The van der Waals surface area contributed by atoms with E-state index in [4.69, 9.17) is 4.74 Å². The zero-order chi connectivity index (χ0) is 16.5. The molecule has 130 valence electrons. The van der Waals surface area contributed by atoms with Gasteiger partial charge in [-0.1, -0.05) is 79.1 Å². The van der Waals surface area contributed by atoms with Crippen LogP contribution in [0.2, 0.25) is 0 Å². The van der Waals surface area contributed by atoms with Gasteiger partial charge in [0.1, 0.15) is 0 Å². The first-order valence-corrected chi connectivity index (χ1v) is 9.79. The molecule has 0 saturated carbocycles. The van der Waals surface area contributed by atoms with Gasteiger partial charge in [0.2, 0.25) is 0 Å². The van der Waals surface area contributed by atoms with Crippen LogP contribution < -0.4 is 0 Å². The van der Waals surface area contributed by atoms with Crippen LogP contribution in [0.1, 0.15) is 105 Å². The average molecular weight is 311 g/mol. The van der Waals surface area contributed by atoms with Gasteiger partial charge in [-0.05, 0) is 25.7 Å². The number of hydrogen-bond donors (Lipinski definition) is 0. The quantitative estimate of drug-likeness (QED) is 0.397. The SMILES string of the molecule is CCCCC1(CCCC)COC(=O)C1(CCCC)CCCC. The Morgan fingerprint density at radius 3 is 1.59 bits per heavy atom. The Bertz CT molecular complexity index is 306. The Morgan fingerprint density at radius 2 is 1.18 bits per heavy atom. The third-order valence-electron chi connectivity index (χ3n) is 5.82. The van der Waals surface area contributed by atoms with Crippen molar-refractivity contribution in [1.82, 2.24) is 0 Å². The smallest absolute Gasteiger partial charge is 0.312 e. The Morgan fingerprint density at radius 1 is 0.773 bits per heavy atom. The Balaban J connectivity index is 3.10. The van der Waals surface area contributed by atoms with E-state index in [0.717, 1.165) is 25.7 Å². The van der Waals surface area contributed by atoms with Crippen LogP contribution in [-0.2, 0) is 9.53 Å². The van der Waals surface area contributed by atoms with Crippen molar-refractivity contribution in [1.29, 1.82) is 0 Å². The van der Waals surface area contributed by atoms with Crippen LogP contribution in [0.4, 0.5) is 0 Å². The molecule has 0 amide bonds. The van der Waals surface area contributed by atoms with Gasteiger partial charge in [0.15, 0.2) is 0 Å². The molecule has 0 aliphatic carbocycles. The largest absolute Gasteiger partial charge is 0.465 e. The number of cyclic esters (lactones) is 1. The standard InChI is InChI=1S/C20H38O2/c1-5-9-13-19(14-10-6-2)17-22-18(21)20(19,15-11-7-3)16-12-8-4/h5-17H2,1-4H3. The summed E-state index contributed by atoms with van der Waals surface area (Å²) in [6, 6.07) is 0. The predicted molar refractivity (Wildman–Crippen MR) is 93.9 cm³/mol. The van der Waals surface area contributed by atoms with Gasteiger partial charge in [0, 0.05) is 5.41 Å². The number of unbranched alkanes of at least 4 members (excludes halogenated alkanes) is 4. The molecule has 22 heavy (non-hydrogen) atoms. The van der Waals surface area contributed by atoms with Gasteiger partial charge in [-0.2, -0.15) is 0 Å². The van der Waals surface area contributed by atoms with Gasteiger partial charge in [-0.3, -0.25) is 4.79 Å². The van der Waals surface area contributed by atoms with E-state index < -0.39 is 0 Å². The molecule has 0 aromatic carbocycles. The van der Waals surface area contributed by atoms with E-state index >= 15 is 0 Å². The summed E-state index contributed by atoms with van der Waals surface area (Å²) < 4.78 is 5.73. The lowest BCUT2D eigenvalue weighted by molar-refractivity contribution is -0.148. The molecule has 1 aliphatic heterocycles. The van der Waals surface area contributed by atoms with E-state index in [-0.39, 0.29) is 16.8 Å². The summed E-state index contributed by atoms with van der Waals surface area (Å²) in [5.74, 6) is 0.126. The fourth-order valence-electron chi connectivity index (χ4n) is 4.29. The highest BCUT2D eigenvalue weighted by Crippen LogP contribution is 2.57. The third kappa shape index (κ3) is 4.06. The van der Waals surface area contributed by atoms with E-state index in [2.05, 4.69) is 27.7 Å². The molecule has 0 spiro atoms. The van der Waals surface area contributed by atoms with Crippen molar-refractivity contribution in [2.75, 3.05) is 6.61 Å². The summed E-state index contributed by atoms with van der Waals surface area (Å²) in [5, 5.41) is 0. The summed E-state index contributed by atoms with van der Waals surface area (Å²) in [6.07, 6.45) is 13.9. The first-order valence-electron chi connectivity index (χ1n) is 9.79. The van der Waals surface area contributed by atoms with Gasteiger partial charge in [-0.15, -0.1) is 0 Å². The summed E-state index contributed by atoms with van der Waals surface area (Å²) in [7, 11) is 0. The molecule has 2 nitrogen and oxygen atoms in total. The molecule has 0 bridgehead atoms. The van der Waals surface area contributed by atoms with Crippen LogP contribution in [0.3, 0.4) is 0 Å². The van der Waals surface area contributed by atoms with Crippen LogP contribution in [0.15, 0.2) is 0 Å². The molecule has 1 heterocycles. The average Bonchev–Trinajstić information content (AvgIpc) is 2.80. The normalized spacial score (nSPS) is 19.4. The molecule has 1 saturated heterocycles. The Labute approximate surface area is 138 Å². The van der Waals surface area contributed by atoms with Crippen molar-refractivity contribution in [2.24, 2.45) is 10.8 Å². The second-order valence-electron chi connectivity index (χ2n) is 7.35. The summed E-state index contributed by atoms with van der Waals surface area (Å²) in [5.41, 5.74) is -0.0796. The first kappa shape index (κ1) is 19.5. The molecular weight excluding hydrogens is 272 g/mol. The van der Waals surface area contributed by atoms with Crippen molar-refractivity contribution in [3.63, 3.8) is 0 Å². The molecule has 2 heteroatoms. The minimum atomic E-state index is -0.191. The molecule has 0 N–H and O–H groups in total. The van der Waals surface area contributed by atoms with Crippen molar-refractivity contribution in [2.45, 2.75) is 105 Å². The number of esters is 1. The molecule has 0 unspecified atom stereocenters. The second kappa shape index (κ2) is 9.57. The van der Waals surface area contributed by atoms with E-state index in [1.54, 1.807) is 0 Å². The highest BCUT2D eigenvalue weighted by atomic mass is 16.5. The van der Waals surface area contributed by atoms with Crippen molar-refractivity contribution in [3.8, 4) is 0 Å². The minimum absolute atomic E-state index is 0.112. The lowest BCUT2D eigenvalue weighted by Gasteiger charge is -2.43. The third-order valence-corrected chi connectivity index (χ3v) is 5.82. The summed E-state index contributed by atoms with van der Waals surface area (Å²) >= 11 is 0. The fourth-order valence-corrected chi connectivity index (χ4v) is 4.29. The maximum absolute atomic E-state index is 12.8. The molecule has 0 aromatic heterocycles. The summed E-state index contributed by atoms with van der Waals surface area (Å²) in [4.78, 5) is 12.8. The first-order chi connectivity index (χ1) is 10.6. The van der Waals surface area contributed by atoms with Crippen LogP contribution >= 0.6 is 0 Å². The van der Waals surface area contributed by atoms with Gasteiger partial charge in [0.05, 0.1) is 12.0 Å². The van der Waals surface area contributed by atoms with Crippen LogP contribution in [-0.4, -0.2) is 12.6 Å². The van der Waals surface area contributed by atoms with E-state index in [1.165, 1.54) is 51.4 Å². The van der Waals surface area contributed by atoms with E-state index in [9.17, 15) is 4.79 Å². The molecule has 0 radical (unpaired) electrons. The number of hydrogen-bond acceptors (Lipinski definition) is 2. The lowest BCUT2D eigenvalue weighted by Crippen LogP contribution is -2.43. The van der Waals surface area contributed by atoms with Crippen LogP contribution in [0.5, 0.6) is 0 Å². The molecule has 0 atom stereocenters. The Hall–Kier alpha value is -0.530. The van der Waals surface area contributed by atoms with E-state index in [0.29, 0.717) is 6.61 Å². The number of rotatable bonds is 12. The molecule has 1 rings (SSSR count). The fraction of sp³-hybridized carbons (Fsp3) is 0.950. The van der Waals surface area contributed by atoms with Crippen molar-refractivity contribution >= 4 is 5.97 Å². The van der Waals surface area contributed by atoms with Crippen molar-refractivity contribution in [3.05, 3.63) is 0 Å². The van der Waals surface area contributed by atoms with Gasteiger partial charge >= 0.3 is 5.97 Å².